The first-order valence-corrected chi connectivity index (χ1v) is 35.7. The maximum Gasteiger partial charge on any atom is 0.306 e. The molecule has 0 saturated heterocycles. The molecule has 0 fully saturated rings. The number of hydrogen-bond acceptors (Lipinski definition) is 8. The molecule has 0 aliphatic rings. The van der Waals surface area contributed by atoms with Gasteiger partial charge in [-0.05, 0) is 122 Å². The molecule has 0 aromatic heterocycles. The first-order chi connectivity index (χ1) is 42.0. The second-order valence-corrected chi connectivity index (χ2v) is 24.8. The van der Waals surface area contributed by atoms with Crippen molar-refractivity contribution in [1.82, 2.24) is 0 Å². The van der Waals surface area contributed by atoms with Crippen LogP contribution in [0.15, 0.2) is 158 Å². The molecule has 2 atom stereocenters. The van der Waals surface area contributed by atoms with Gasteiger partial charge in [-0.25, -0.2) is 0 Å². The zero-order valence-electron chi connectivity index (χ0n) is 55.4. The van der Waals surface area contributed by atoms with Crippen LogP contribution in [0.4, 0.5) is 0 Å². The maximum absolute atomic E-state index is 12.9. The van der Waals surface area contributed by atoms with Gasteiger partial charge in [0.2, 0.25) is 0 Å². The van der Waals surface area contributed by atoms with Crippen LogP contribution in [0.5, 0.6) is 0 Å². The number of rotatable bonds is 61. The Labute approximate surface area is 528 Å². The summed E-state index contributed by atoms with van der Waals surface area (Å²) in [4.78, 5) is 38.0. The van der Waals surface area contributed by atoms with Gasteiger partial charge in [0, 0.05) is 12.8 Å². The van der Waals surface area contributed by atoms with Crippen molar-refractivity contribution in [2.75, 3.05) is 47.5 Å². The summed E-state index contributed by atoms with van der Waals surface area (Å²) in [7, 11) is 1.14. The van der Waals surface area contributed by atoms with E-state index in [-0.39, 0.29) is 26.1 Å². The number of nitrogens with zero attached hydrogens (tertiary/aromatic N) is 1. The number of carbonyl (C=O) groups is 2. The number of carbonyl (C=O) groups excluding carboxylic acids is 2. The lowest BCUT2D eigenvalue weighted by molar-refractivity contribution is -0.870. The molecule has 0 bridgehead atoms. The number of unbranched alkanes of at least 4 members (excludes halogenated alkanes) is 21. The van der Waals surface area contributed by atoms with E-state index < -0.39 is 32.5 Å². The van der Waals surface area contributed by atoms with E-state index in [1.807, 2.05) is 21.1 Å². The van der Waals surface area contributed by atoms with Gasteiger partial charge in [0.1, 0.15) is 19.8 Å². The topological polar surface area (TPSA) is 111 Å². The number of ether oxygens (including phenoxy) is 2. The average Bonchev–Trinajstić information content (AvgIpc) is 3.67. The fourth-order valence-electron chi connectivity index (χ4n) is 8.88. The number of hydrogen-bond donors (Lipinski definition) is 0. The monoisotopic (exact) mass is 1210 g/mol. The number of phosphoric acid groups is 1. The third-order valence-corrected chi connectivity index (χ3v) is 15.0. The molecule has 0 aliphatic carbocycles. The molecule has 0 saturated carbocycles. The highest BCUT2D eigenvalue weighted by Gasteiger charge is 2.22. The molecule has 0 amide bonds. The van der Waals surface area contributed by atoms with E-state index in [4.69, 9.17) is 18.5 Å². The molecule has 0 aromatic carbocycles. The minimum atomic E-state index is -4.66. The lowest BCUT2D eigenvalue weighted by Gasteiger charge is -2.28. The first kappa shape index (κ1) is 81.6. The lowest BCUT2D eigenvalue weighted by Crippen LogP contribution is -2.37. The van der Waals surface area contributed by atoms with Gasteiger partial charge in [0.25, 0.3) is 7.82 Å². The predicted octanol–water partition coefficient (Wildman–Crippen LogP) is 21.7. The normalized spacial score (nSPS) is 14.2. The Hall–Kier alpha value is -4.37. The van der Waals surface area contributed by atoms with Crippen molar-refractivity contribution in [3.05, 3.63) is 158 Å². The molecule has 10 heteroatoms. The molecule has 0 spiro atoms. The third kappa shape index (κ3) is 68.7. The van der Waals surface area contributed by atoms with E-state index in [0.717, 1.165) is 141 Å². The summed E-state index contributed by atoms with van der Waals surface area (Å²) < 4.78 is 34.3. The SMILES string of the molecule is CC/C=C\C/C=C\C/C=C\C/C=C\C/C=C\C/C=C\C/C=C\CCCCCCCCCCCCCCCCCC(=O)OC(COC(=O)CCCCCCCC/C=C\C/C=C\C/C=C\C/C=C\C/C=C\C/C=C\CC)COP(=O)([O-])OCC[N+](C)(C)C. The molecule has 488 valence electrons. The number of quaternary nitrogens is 1. The Morgan fingerprint density at radius 1 is 0.360 bits per heavy atom. The highest BCUT2D eigenvalue weighted by Crippen LogP contribution is 2.38. The van der Waals surface area contributed by atoms with Crippen molar-refractivity contribution in [2.45, 2.75) is 264 Å². The van der Waals surface area contributed by atoms with Gasteiger partial charge >= 0.3 is 11.9 Å². The van der Waals surface area contributed by atoms with Crippen molar-refractivity contribution in [3.63, 3.8) is 0 Å². The molecular formula is C76H126NO8P. The standard InChI is InChI=1S/C76H126NO8P/c1-6-8-10-12-14-16-18-20-22-24-26-28-30-32-33-34-35-36-37-38-39-40-41-42-43-45-47-49-51-53-55-57-59-61-63-65-67-69-76(79)85-74(73-84-86(80,81)83-71-70-77(3,4)5)72-82-75(78)68-66-64-62-60-58-56-54-52-50-48-46-44-31-29-27-25-23-21-19-17-15-13-11-9-7-2/h8-11,14-17,20-23,26-29,32-33,35-36,38-39,44,46,50,52,74H,6-7,12-13,18-19,24-25,30-31,34,37,40-43,45,47-49,51,53-73H2,1-5H3/b10-8-,11-9-,16-14-,17-15-,22-20-,23-21-,28-26-,29-27-,33-32-,36-35-,39-38-,46-44-,52-50-. The molecular weight excluding hydrogens is 1090 g/mol. The Morgan fingerprint density at radius 2 is 0.628 bits per heavy atom. The molecule has 2 unspecified atom stereocenters. The van der Waals surface area contributed by atoms with Crippen molar-refractivity contribution >= 4 is 19.8 Å². The summed E-state index contributed by atoms with van der Waals surface area (Å²) in [5, 5.41) is 0. The zero-order valence-corrected chi connectivity index (χ0v) is 56.3. The molecule has 86 heavy (non-hydrogen) atoms. The molecule has 0 radical (unpaired) electrons. The number of allylic oxidation sites excluding steroid dienone is 26. The van der Waals surface area contributed by atoms with Crippen LogP contribution in [0.1, 0.15) is 258 Å². The van der Waals surface area contributed by atoms with Crippen molar-refractivity contribution < 1.29 is 42.1 Å². The minimum absolute atomic E-state index is 0.0408. The van der Waals surface area contributed by atoms with Crippen LogP contribution in [0.3, 0.4) is 0 Å². The van der Waals surface area contributed by atoms with Gasteiger partial charge in [0.05, 0.1) is 27.7 Å². The zero-order chi connectivity index (χ0) is 62.6. The van der Waals surface area contributed by atoms with E-state index in [2.05, 4.69) is 172 Å². The first-order valence-electron chi connectivity index (χ1n) is 34.2. The Balaban J connectivity index is 4.11. The summed E-state index contributed by atoms with van der Waals surface area (Å²) in [6.07, 6.45) is 97.4. The fourth-order valence-corrected chi connectivity index (χ4v) is 9.60. The van der Waals surface area contributed by atoms with Crippen molar-refractivity contribution in [2.24, 2.45) is 0 Å². The second-order valence-electron chi connectivity index (χ2n) is 23.4. The quantitative estimate of drug-likeness (QED) is 0.0195. The van der Waals surface area contributed by atoms with Gasteiger partial charge in [-0.2, -0.15) is 0 Å². The molecule has 0 N–H and O–H groups in total. The van der Waals surface area contributed by atoms with Gasteiger partial charge < -0.3 is 27.9 Å². The van der Waals surface area contributed by atoms with Crippen LogP contribution < -0.4 is 4.89 Å². The predicted molar refractivity (Wildman–Crippen MR) is 369 cm³/mol. The highest BCUT2D eigenvalue weighted by molar-refractivity contribution is 7.45. The Kier molecular flexibility index (Phi) is 61.8. The number of esters is 2. The molecule has 0 rings (SSSR count). The van der Waals surface area contributed by atoms with Crippen LogP contribution in [0.25, 0.3) is 0 Å². The summed E-state index contributed by atoms with van der Waals surface area (Å²) in [5.74, 6) is -0.856. The van der Waals surface area contributed by atoms with E-state index in [1.54, 1.807) is 0 Å². The molecule has 9 nitrogen and oxygen atoms in total. The summed E-state index contributed by atoms with van der Waals surface area (Å²) in [5.41, 5.74) is 0. The molecule has 0 heterocycles. The van der Waals surface area contributed by atoms with Crippen molar-refractivity contribution in [3.8, 4) is 0 Å². The van der Waals surface area contributed by atoms with E-state index >= 15 is 0 Å². The van der Waals surface area contributed by atoms with Crippen LogP contribution in [-0.2, 0) is 32.7 Å². The van der Waals surface area contributed by atoms with Crippen molar-refractivity contribution in [1.29, 1.82) is 0 Å². The van der Waals surface area contributed by atoms with Crippen LogP contribution in [0, 0.1) is 0 Å². The Morgan fingerprint density at radius 3 is 0.930 bits per heavy atom. The summed E-state index contributed by atoms with van der Waals surface area (Å²) >= 11 is 0. The van der Waals surface area contributed by atoms with Gasteiger partial charge in [-0.15, -0.1) is 0 Å². The smallest absolute Gasteiger partial charge is 0.306 e. The van der Waals surface area contributed by atoms with E-state index in [1.165, 1.54) is 77.0 Å². The lowest BCUT2D eigenvalue weighted by atomic mass is 10.0. The van der Waals surface area contributed by atoms with Crippen LogP contribution in [0.2, 0.25) is 0 Å². The van der Waals surface area contributed by atoms with Crippen LogP contribution >= 0.6 is 7.82 Å². The van der Waals surface area contributed by atoms with E-state index in [0.29, 0.717) is 23.9 Å². The number of phosphoric ester groups is 1. The number of likely N-dealkylation sites (N-methyl/N-ethyl adjacent to an activating group) is 1. The highest BCUT2D eigenvalue weighted by atomic mass is 31.2. The largest absolute Gasteiger partial charge is 0.756 e. The summed E-state index contributed by atoms with van der Waals surface area (Å²) in [6, 6.07) is 0. The summed E-state index contributed by atoms with van der Waals surface area (Å²) in [6.45, 7) is 3.99. The maximum atomic E-state index is 12.9. The second kappa shape index (κ2) is 65.1. The average molecular weight is 1210 g/mol. The van der Waals surface area contributed by atoms with Gasteiger partial charge in [0.15, 0.2) is 6.10 Å². The van der Waals surface area contributed by atoms with Crippen LogP contribution in [-0.4, -0.2) is 70.0 Å². The van der Waals surface area contributed by atoms with E-state index in [9.17, 15) is 19.0 Å². The Bertz CT molecular complexity index is 2010. The van der Waals surface area contributed by atoms with Gasteiger partial charge in [-0.1, -0.05) is 281 Å². The minimum Gasteiger partial charge on any atom is -0.756 e. The third-order valence-electron chi connectivity index (χ3n) is 14.0. The fraction of sp³-hybridized carbons (Fsp3) is 0.632. The molecule has 0 aromatic rings. The van der Waals surface area contributed by atoms with Gasteiger partial charge in [-0.3, -0.25) is 14.2 Å². The molecule has 0 aliphatic heterocycles.